The molecule has 0 spiro atoms. The van der Waals surface area contributed by atoms with Gasteiger partial charge in [-0.1, -0.05) is 12.1 Å². The lowest BCUT2D eigenvalue weighted by molar-refractivity contribution is -0.383. The van der Waals surface area contributed by atoms with Crippen molar-refractivity contribution in [1.29, 1.82) is 0 Å². The van der Waals surface area contributed by atoms with Crippen molar-refractivity contribution in [3.63, 3.8) is 0 Å². The van der Waals surface area contributed by atoms with Crippen LogP contribution in [0.5, 0.6) is 5.75 Å². The Morgan fingerprint density at radius 1 is 1.24 bits per heavy atom. The summed E-state index contributed by atoms with van der Waals surface area (Å²) in [7, 11) is 3.20. The fourth-order valence-electron chi connectivity index (χ4n) is 2.09. The molecule has 3 aromatic rings. The molecule has 8 nitrogen and oxygen atoms in total. The van der Waals surface area contributed by atoms with Crippen LogP contribution in [0.2, 0.25) is 0 Å². The minimum atomic E-state index is -1.07. The molecule has 2 aromatic carbocycles. The Balaban J connectivity index is 0.000000186. The molecule has 8 heteroatoms. The number of carboxylic acid groups (broad SMARTS) is 1. The molecule has 0 aliphatic heterocycles. The van der Waals surface area contributed by atoms with E-state index in [0.29, 0.717) is 17.0 Å². The molecular formula is C17H16N2O6. The number of carbonyl (C=O) groups is 1. The van der Waals surface area contributed by atoms with Crippen LogP contribution in [0.15, 0.2) is 52.9 Å². The number of nitro groups is 1. The van der Waals surface area contributed by atoms with Crippen molar-refractivity contribution in [3.05, 3.63) is 64.4 Å². The molecule has 0 fully saturated rings. The third-order valence-electron chi connectivity index (χ3n) is 3.31. The van der Waals surface area contributed by atoms with Crippen molar-refractivity contribution >= 4 is 28.3 Å². The van der Waals surface area contributed by atoms with Crippen LogP contribution in [0.4, 0.5) is 11.4 Å². The molecule has 2 N–H and O–H groups in total. The Kier molecular flexibility index (Phi) is 5.57. The molecule has 0 aliphatic carbocycles. The van der Waals surface area contributed by atoms with Gasteiger partial charge >= 0.3 is 5.97 Å². The van der Waals surface area contributed by atoms with Crippen LogP contribution >= 0.6 is 0 Å². The normalized spacial score (nSPS) is 9.84. The molecule has 3 rings (SSSR count). The number of rotatable bonds is 4. The fraction of sp³-hybridized carbons (Fsp3) is 0.118. The topological polar surface area (TPSA) is 115 Å². The lowest BCUT2D eigenvalue weighted by atomic mass is 10.2. The van der Waals surface area contributed by atoms with E-state index in [9.17, 15) is 14.9 Å². The van der Waals surface area contributed by atoms with Gasteiger partial charge in [0.25, 0.3) is 5.69 Å². The lowest BCUT2D eigenvalue weighted by Gasteiger charge is -1.98. The lowest BCUT2D eigenvalue weighted by Crippen LogP contribution is -1.95. The highest BCUT2D eigenvalue weighted by atomic mass is 16.6. The number of benzene rings is 2. The van der Waals surface area contributed by atoms with Crippen LogP contribution in [0.1, 0.15) is 10.6 Å². The minimum Gasteiger partial charge on any atom is -0.497 e. The highest BCUT2D eigenvalue weighted by molar-refractivity contribution is 5.91. The van der Waals surface area contributed by atoms with Gasteiger partial charge in [-0.15, -0.1) is 0 Å². The summed E-state index contributed by atoms with van der Waals surface area (Å²) in [5, 5.41) is 22.5. The van der Waals surface area contributed by atoms with Gasteiger partial charge in [0, 0.05) is 24.6 Å². The fourth-order valence-corrected chi connectivity index (χ4v) is 2.09. The van der Waals surface area contributed by atoms with Crippen molar-refractivity contribution in [1.82, 2.24) is 0 Å². The summed E-state index contributed by atoms with van der Waals surface area (Å²) in [4.78, 5) is 20.5. The van der Waals surface area contributed by atoms with E-state index in [4.69, 9.17) is 14.3 Å². The van der Waals surface area contributed by atoms with Crippen LogP contribution in [-0.2, 0) is 0 Å². The van der Waals surface area contributed by atoms with Gasteiger partial charge in [-0.2, -0.15) is 0 Å². The minimum absolute atomic E-state index is 0.0618. The highest BCUT2D eigenvalue weighted by Gasteiger charge is 2.10. The quantitative estimate of drug-likeness (QED) is 0.546. The van der Waals surface area contributed by atoms with E-state index in [2.05, 4.69) is 5.32 Å². The first-order chi connectivity index (χ1) is 12.0. The van der Waals surface area contributed by atoms with Crippen LogP contribution in [0.25, 0.3) is 11.0 Å². The highest BCUT2D eigenvalue weighted by Crippen LogP contribution is 2.24. The molecular weight excluding hydrogens is 328 g/mol. The van der Waals surface area contributed by atoms with Gasteiger partial charge in [-0.05, 0) is 24.3 Å². The van der Waals surface area contributed by atoms with Gasteiger partial charge in [-0.3, -0.25) is 10.1 Å². The van der Waals surface area contributed by atoms with E-state index in [-0.39, 0.29) is 11.4 Å². The van der Waals surface area contributed by atoms with Crippen molar-refractivity contribution < 1.29 is 24.0 Å². The number of ether oxygens (including phenoxy) is 1. The summed E-state index contributed by atoms with van der Waals surface area (Å²) in [6.45, 7) is 0. The van der Waals surface area contributed by atoms with Gasteiger partial charge in [0.15, 0.2) is 0 Å². The number of fused-ring (bicyclic) bond motifs is 1. The Morgan fingerprint density at radius 3 is 2.52 bits per heavy atom. The summed E-state index contributed by atoms with van der Waals surface area (Å²) in [5.41, 5.74) is 1.16. The molecule has 0 atom stereocenters. The Bertz CT molecular complexity index is 903. The Morgan fingerprint density at radius 2 is 1.96 bits per heavy atom. The van der Waals surface area contributed by atoms with E-state index < -0.39 is 10.9 Å². The number of furan rings is 1. The smallest absolute Gasteiger partial charge is 0.371 e. The first kappa shape index (κ1) is 17.8. The number of nitro benzene ring substituents is 1. The summed E-state index contributed by atoms with van der Waals surface area (Å²) in [6.07, 6.45) is 0. The molecule has 1 aromatic heterocycles. The maximum Gasteiger partial charge on any atom is 0.371 e. The van der Waals surface area contributed by atoms with Gasteiger partial charge in [0.05, 0.1) is 12.0 Å². The van der Waals surface area contributed by atoms with Crippen molar-refractivity contribution in [2.24, 2.45) is 0 Å². The van der Waals surface area contributed by atoms with Gasteiger partial charge in [0.2, 0.25) is 5.76 Å². The van der Waals surface area contributed by atoms with Crippen LogP contribution in [0, 0.1) is 10.1 Å². The van der Waals surface area contributed by atoms with Crippen molar-refractivity contribution in [2.45, 2.75) is 0 Å². The molecule has 0 saturated carbocycles. The van der Waals surface area contributed by atoms with Crippen LogP contribution in [0.3, 0.4) is 0 Å². The molecule has 1 heterocycles. The predicted octanol–water partition coefficient (Wildman–Crippen LogP) is 3.78. The largest absolute Gasteiger partial charge is 0.497 e. The first-order valence-electron chi connectivity index (χ1n) is 7.18. The van der Waals surface area contributed by atoms with Crippen molar-refractivity contribution in [2.75, 3.05) is 19.5 Å². The van der Waals surface area contributed by atoms with Gasteiger partial charge < -0.3 is 19.6 Å². The maximum absolute atomic E-state index is 10.6. The van der Waals surface area contributed by atoms with E-state index in [1.807, 2.05) is 0 Å². The number of hydrogen-bond donors (Lipinski definition) is 2. The Labute approximate surface area is 142 Å². The number of nitrogens with zero attached hydrogens (tertiary/aromatic N) is 1. The Hall–Kier alpha value is -3.55. The average Bonchev–Trinajstić information content (AvgIpc) is 3.05. The maximum atomic E-state index is 10.6. The third-order valence-corrected chi connectivity index (χ3v) is 3.31. The number of methoxy groups -OCH3 is 1. The number of aromatic carboxylic acids is 1. The molecule has 0 aliphatic rings. The van der Waals surface area contributed by atoms with E-state index in [1.54, 1.807) is 50.6 Å². The zero-order valence-corrected chi connectivity index (χ0v) is 13.6. The number of hydrogen-bond acceptors (Lipinski definition) is 6. The summed E-state index contributed by atoms with van der Waals surface area (Å²) in [5.74, 6) is -0.489. The molecule has 0 saturated heterocycles. The van der Waals surface area contributed by atoms with E-state index in [0.717, 1.165) is 5.39 Å². The molecule has 0 radical (unpaired) electrons. The van der Waals surface area contributed by atoms with E-state index in [1.165, 1.54) is 12.1 Å². The summed E-state index contributed by atoms with van der Waals surface area (Å²) < 4.78 is 10.1. The number of para-hydroxylation sites is 2. The molecule has 0 amide bonds. The van der Waals surface area contributed by atoms with E-state index >= 15 is 0 Å². The molecule has 0 bridgehead atoms. The molecule has 25 heavy (non-hydrogen) atoms. The average molecular weight is 344 g/mol. The molecule has 130 valence electrons. The number of nitrogens with one attached hydrogen (secondary N) is 1. The number of anilines is 1. The third kappa shape index (κ3) is 4.25. The standard InChI is InChI=1S/C10H8O4.C7H8N2O2/c1-13-7-3-2-6-4-9(10(11)12)14-8(6)5-7;1-8-6-4-2-3-5-7(6)9(10)11/h2-5H,1H3,(H,11,12);2-5,8H,1H3. The second kappa shape index (κ2) is 7.82. The summed E-state index contributed by atoms with van der Waals surface area (Å²) in [6, 6.07) is 13.2. The zero-order chi connectivity index (χ0) is 18.4. The van der Waals surface area contributed by atoms with Gasteiger partial charge in [0.1, 0.15) is 17.0 Å². The number of carboxylic acids is 1. The summed E-state index contributed by atoms with van der Waals surface area (Å²) >= 11 is 0. The van der Waals surface area contributed by atoms with Crippen LogP contribution < -0.4 is 10.1 Å². The van der Waals surface area contributed by atoms with Crippen LogP contribution in [-0.4, -0.2) is 30.2 Å². The predicted molar refractivity (Wildman–Crippen MR) is 92.4 cm³/mol. The van der Waals surface area contributed by atoms with Crippen molar-refractivity contribution in [3.8, 4) is 5.75 Å². The zero-order valence-electron chi connectivity index (χ0n) is 13.6. The SMILES string of the molecule is CNc1ccccc1[N+](=O)[O-].COc1ccc2cc(C(=O)O)oc2c1. The van der Waals surface area contributed by atoms with Gasteiger partial charge in [-0.25, -0.2) is 4.79 Å². The monoisotopic (exact) mass is 344 g/mol. The second-order valence-electron chi connectivity index (χ2n) is 4.84. The first-order valence-corrected chi connectivity index (χ1v) is 7.18. The second-order valence-corrected chi connectivity index (χ2v) is 4.84. The molecule has 0 unspecified atom stereocenters.